The van der Waals surface area contributed by atoms with Gasteiger partial charge in [-0.3, -0.25) is 19.1 Å². The first kappa shape index (κ1) is 32.3. The number of fused-ring (bicyclic) bond motifs is 2. The number of aryl methyl sites for hydroxylation is 3. The van der Waals surface area contributed by atoms with Crippen molar-refractivity contribution < 1.29 is 9.53 Å². The molecule has 0 unspecified atom stereocenters. The minimum atomic E-state index is -0.395. The molecule has 2 aliphatic heterocycles. The molecule has 3 aliphatic rings. The molecule has 5 aromatic rings. The second-order valence-electron chi connectivity index (χ2n) is 14.0. The lowest BCUT2D eigenvalue weighted by atomic mass is 9.90. The lowest BCUT2D eigenvalue weighted by Crippen LogP contribution is -2.45. The number of hydrogen-bond donors (Lipinski definition) is 1. The summed E-state index contributed by atoms with van der Waals surface area (Å²) in [7, 11) is 0. The molecule has 1 amide bonds. The number of carbonyl (C=O) groups excluding carboxylic acids is 1. The molecule has 11 nitrogen and oxygen atoms in total. The fraction of sp³-hybridized carbons (Fsp3) is 0.410. The standard InChI is InChI=1S/C39H43N7O4/c1-26-21-33-36(40-23-26)45(32-6-4-5-29(22-32)28-10-8-27(9-11-28)24-43-17-19-50-20-18-43)39(49)46(38(33)48)31-14-12-30(13-15-31)41-37(47)34-25-44-16-3-2-7-35(44)42-34/h4-6,8-11,21-23,25,30-31H,2-3,7,12-20,24H2,1H3,(H,41,47). The van der Waals surface area contributed by atoms with E-state index in [1.54, 1.807) is 10.8 Å². The van der Waals surface area contributed by atoms with Gasteiger partial charge >= 0.3 is 5.69 Å². The van der Waals surface area contributed by atoms with E-state index in [1.165, 1.54) is 10.1 Å². The number of hydrogen-bond acceptors (Lipinski definition) is 7. The van der Waals surface area contributed by atoms with Crippen molar-refractivity contribution in [2.75, 3.05) is 26.3 Å². The van der Waals surface area contributed by atoms with Crippen LogP contribution in [0, 0.1) is 6.92 Å². The van der Waals surface area contributed by atoms with Gasteiger partial charge in [-0.15, -0.1) is 0 Å². The van der Waals surface area contributed by atoms with E-state index < -0.39 is 5.69 Å². The molecule has 258 valence electrons. The van der Waals surface area contributed by atoms with Crippen LogP contribution >= 0.6 is 0 Å². The third-order valence-electron chi connectivity index (χ3n) is 10.5. The molecule has 8 rings (SSSR count). The Morgan fingerprint density at radius 2 is 1.74 bits per heavy atom. The number of carbonyl (C=O) groups is 1. The number of nitrogens with one attached hydrogen (secondary N) is 1. The first-order valence-corrected chi connectivity index (χ1v) is 17.9. The van der Waals surface area contributed by atoms with Crippen LogP contribution in [0.25, 0.3) is 27.8 Å². The number of imidazole rings is 1. The van der Waals surface area contributed by atoms with E-state index in [2.05, 4.69) is 49.0 Å². The summed E-state index contributed by atoms with van der Waals surface area (Å²) in [6.07, 6.45) is 9.19. The average molecular weight is 674 g/mol. The molecule has 0 spiro atoms. The zero-order chi connectivity index (χ0) is 34.2. The van der Waals surface area contributed by atoms with Crippen LogP contribution in [0.4, 0.5) is 0 Å². The first-order valence-electron chi connectivity index (χ1n) is 17.9. The summed E-state index contributed by atoms with van der Waals surface area (Å²) in [6.45, 7) is 7.11. The molecule has 1 N–H and O–H groups in total. The van der Waals surface area contributed by atoms with Crippen molar-refractivity contribution >= 4 is 16.9 Å². The molecule has 0 bridgehead atoms. The van der Waals surface area contributed by atoms with Gasteiger partial charge in [0, 0.05) is 57.1 Å². The summed E-state index contributed by atoms with van der Waals surface area (Å²) in [5.74, 6) is 0.818. The quantitative estimate of drug-likeness (QED) is 0.264. The van der Waals surface area contributed by atoms with E-state index in [9.17, 15) is 14.4 Å². The molecule has 1 saturated carbocycles. The van der Waals surface area contributed by atoms with Crippen LogP contribution in [-0.4, -0.2) is 66.8 Å². The van der Waals surface area contributed by atoms with Gasteiger partial charge < -0.3 is 14.6 Å². The van der Waals surface area contributed by atoms with Crippen molar-refractivity contribution in [3.05, 3.63) is 110 Å². The Kier molecular flexibility index (Phi) is 8.93. The lowest BCUT2D eigenvalue weighted by Gasteiger charge is -2.30. The summed E-state index contributed by atoms with van der Waals surface area (Å²) >= 11 is 0. The molecule has 2 fully saturated rings. The van der Waals surface area contributed by atoms with E-state index in [0.717, 1.165) is 81.2 Å². The van der Waals surface area contributed by atoms with Gasteiger partial charge in [-0.25, -0.2) is 19.3 Å². The maximum absolute atomic E-state index is 14.4. The van der Waals surface area contributed by atoms with Crippen molar-refractivity contribution in [1.29, 1.82) is 0 Å². The third-order valence-corrected chi connectivity index (χ3v) is 10.5. The summed E-state index contributed by atoms with van der Waals surface area (Å²) < 4.78 is 10.6. The van der Waals surface area contributed by atoms with Gasteiger partial charge in [-0.05, 0) is 85.9 Å². The van der Waals surface area contributed by atoms with Crippen LogP contribution in [0.5, 0.6) is 0 Å². The van der Waals surface area contributed by atoms with E-state index in [1.807, 2.05) is 43.5 Å². The third kappa shape index (κ3) is 6.43. The van der Waals surface area contributed by atoms with Crippen LogP contribution in [0.3, 0.4) is 0 Å². The molecule has 50 heavy (non-hydrogen) atoms. The molecule has 0 radical (unpaired) electrons. The van der Waals surface area contributed by atoms with E-state index >= 15 is 0 Å². The number of morpholine rings is 1. The van der Waals surface area contributed by atoms with Crippen molar-refractivity contribution in [3.63, 3.8) is 0 Å². The fourth-order valence-corrected chi connectivity index (χ4v) is 7.77. The Balaban J connectivity index is 1.05. The van der Waals surface area contributed by atoms with Gasteiger partial charge in [0.15, 0.2) is 5.65 Å². The number of ether oxygens (including phenoxy) is 1. The monoisotopic (exact) mass is 673 g/mol. The normalized spacial score (nSPS) is 19.7. The highest BCUT2D eigenvalue weighted by Crippen LogP contribution is 2.29. The zero-order valence-electron chi connectivity index (χ0n) is 28.5. The highest BCUT2D eigenvalue weighted by molar-refractivity contribution is 5.92. The highest BCUT2D eigenvalue weighted by atomic mass is 16.5. The molecular formula is C39H43N7O4. The highest BCUT2D eigenvalue weighted by Gasteiger charge is 2.29. The Morgan fingerprint density at radius 1 is 0.940 bits per heavy atom. The topological polar surface area (TPSA) is 116 Å². The molecule has 1 saturated heterocycles. The van der Waals surface area contributed by atoms with Gasteiger partial charge in [-0.2, -0.15) is 0 Å². The molecule has 2 aromatic carbocycles. The van der Waals surface area contributed by atoms with Crippen molar-refractivity contribution in [3.8, 4) is 16.8 Å². The number of aromatic nitrogens is 5. The molecule has 11 heteroatoms. The van der Waals surface area contributed by atoms with Gasteiger partial charge in [0.05, 0.1) is 24.3 Å². The Morgan fingerprint density at radius 3 is 2.52 bits per heavy atom. The summed E-state index contributed by atoms with van der Waals surface area (Å²) in [6, 6.07) is 17.9. The Labute approximate surface area is 290 Å². The zero-order valence-corrected chi connectivity index (χ0v) is 28.5. The minimum Gasteiger partial charge on any atom is -0.379 e. The predicted octanol–water partition coefficient (Wildman–Crippen LogP) is 4.80. The van der Waals surface area contributed by atoms with Crippen molar-refractivity contribution in [2.45, 2.75) is 77.0 Å². The number of pyridine rings is 1. The molecule has 1 aliphatic carbocycles. The molecule has 5 heterocycles. The van der Waals surface area contributed by atoms with E-state index in [0.29, 0.717) is 48.1 Å². The van der Waals surface area contributed by atoms with E-state index in [-0.39, 0.29) is 23.6 Å². The Hall–Kier alpha value is -4.87. The summed E-state index contributed by atoms with van der Waals surface area (Å²) in [4.78, 5) is 53.1. The minimum absolute atomic E-state index is 0.0447. The molecule has 0 atom stereocenters. The van der Waals surface area contributed by atoms with Gasteiger partial charge in [0.1, 0.15) is 11.5 Å². The van der Waals surface area contributed by atoms with Gasteiger partial charge in [0.2, 0.25) is 0 Å². The SMILES string of the molecule is Cc1cnc2c(c1)c(=O)n(C1CCC(NC(=O)c3cn4c(n3)CCCC4)CC1)c(=O)n2-c1cccc(-c2ccc(CN3CCOCC3)cc2)c1. The number of amides is 1. The fourth-order valence-electron chi connectivity index (χ4n) is 7.77. The largest absolute Gasteiger partial charge is 0.379 e. The molecule has 3 aromatic heterocycles. The second-order valence-corrected chi connectivity index (χ2v) is 14.0. The van der Waals surface area contributed by atoms with Crippen molar-refractivity contribution in [2.24, 2.45) is 0 Å². The first-order chi connectivity index (χ1) is 24.4. The second kappa shape index (κ2) is 13.8. The van der Waals surface area contributed by atoms with Crippen molar-refractivity contribution in [1.82, 2.24) is 33.9 Å². The number of rotatable bonds is 7. The van der Waals surface area contributed by atoms with E-state index in [4.69, 9.17) is 4.74 Å². The smallest absolute Gasteiger partial charge is 0.337 e. The molecular weight excluding hydrogens is 630 g/mol. The van der Waals surface area contributed by atoms with Crippen LogP contribution in [0.15, 0.2) is 76.6 Å². The van der Waals surface area contributed by atoms with Crippen LogP contribution in [0.2, 0.25) is 0 Å². The maximum atomic E-state index is 14.4. The summed E-state index contributed by atoms with van der Waals surface area (Å²) in [5.41, 5.74) is 4.87. The van der Waals surface area contributed by atoms with Gasteiger partial charge in [-0.1, -0.05) is 36.4 Å². The lowest BCUT2D eigenvalue weighted by molar-refractivity contribution is 0.0342. The average Bonchev–Trinajstić information content (AvgIpc) is 3.59. The number of nitrogens with zero attached hydrogens (tertiary/aromatic N) is 6. The van der Waals surface area contributed by atoms with Gasteiger partial charge in [0.25, 0.3) is 11.5 Å². The van der Waals surface area contributed by atoms with Crippen LogP contribution < -0.4 is 16.6 Å². The van der Waals surface area contributed by atoms with Crippen LogP contribution in [-0.2, 0) is 24.2 Å². The predicted molar refractivity (Wildman–Crippen MR) is 192 cm³/mol. The maximum Gasteiger partial charge on any atom is 0.337 e. The summed E-state index contributed by atoms with van der Waals surface area (Å²) in [5, 5.41) is 3.58. The Bertz CT molecular complexity index is 2130. The number of benzene rings is 2. The van der Waals surface area contributed by atoms with Crippen LogP contribution in [0.1, 0.15) is 72.0 Å².